The summed E-state index contributed by atoms with van der Waals surface area (Å²) in [6.45, 7) is 8.67. The molecule has 2 N–H and O–H groups in total. The Morgan fingerprint density at radius 3 is 2.69 bits per heavy atom. The molecule has 2 nitrogen and oxygen atoms in total. The molecule has 0 aliphatic carbocycles. The molecule has 4 heteroatoms. The summed E-state index contributed by atoms with van der Waals surface area (Å²) in [5.41, 5.74) is 7.09. The number of aromatic nitrogens is 1. The summed E-state index contributed by atoms with van der Waals surface area (Å²) >= 11 is 3.70. The topological polar surface area (TPSA) is 38.9 Å². The van der Waals surface area contributed by atoms with E-state index >= 15 is 0 Å². The summed E-state index contributed by atoms with van der Waals surface area (Å²) in [5.74, 6) is 2.15. The highest BCUT2D eigenvalue weighted by molar-refractivity contribution is 7.98. The van der Waals surface area contributed by atoms with Crippen LogP contribution in [0.2, 0.25) is 0 Å². The van der Waals surface area contributed by atoms with Crippen LogP contribution in [0.15, 0.2) is 5.38 Å². The molecule has 16 heavy (non-hydrogen) atoms. The van der Waals surface area contributed by atoms with Crippen LogP contribution in [0.25, 0.3) is 0 Å². The fourth-order valence-electron chi connectivity index (χ4n) is 1.15. The van der Waals surface area contributed by atoms with Crippen LogP contribution < -0.4 is 5.73 Å². The summed E-state index contributed by atoms with van der Waals surface area (Å²) in [4.78, 5) is 4.66. The van der Waals surface area contributed by atoms with Gasteiger partial charge in [-0.3, -0.25) is 0 Å². The first-order chi connectivity index (χ1) is 7.39. The van der Waals surface area contributed by atoms with Crippen molar-refractivity contribution < 1.29 is 0 Å². The van der Waals surface area contributed by atoms with Crippen molar-refractivity contribution in [2.24, 2.45) is 5.73 Å². The van der Waals surface area contributed by atoms with Gasteiger partial charge in [0.15, 0.2) is 0 Å². The van der Waals surface area contributed by atoms with Gasteiger partial charge < -0.3 is 5.73 Å². The Kier molecular flexibility index (Phi) is 5.28. The third kappa shape index (κ3) is 4.85. The molecule has 1 heterocycles. The van der Waals surface area contributed by atoms with E-state index in [1.54, 1.807) is 11.3 Å². The summed E-state index contributed by atoms with van der Waals surface area (Å²) in [6.07, 6.45) is 1.09. The Hall–Kier alpha value is -0.0600. The van der Waals surface area contributed by atoms with Crippen LogP contribution >= 0.6 is 23.1 Å². The third-order valence-corrected chi connectivity index (χ3v) is 4.30. The first-order valence-electron chi connectivity index (χ1n) is 5.68. The van der Waals surface area contributed by atoms with Gasteiger partial charge in [-0.15, -0.1) is 11.3 Å². The van der Waals surface area contributed by atoms with Crippen LogP contribution in [0.1, 0.15) is 44.8 Å². The summed E-state index contributed by atoms with van der Waals surface area (Å²) in [5, 5.41) is 3.42. The van der Waals surface area contributed by atoms with E-state index in [1.165, 1.54) is 10.7 Å². The SMILES string of the molecule is CC(N)CCSCc1nc(C(C)(C)C)cs1. The lowest BCUT2D eigenvalue weighted by Crippen LogP contribution is -2.15. The lowest BCUT2D eigenvalue weighted by atomic mass is 9.93. The smallest absolute Gasteiger partial charge is 0.103 e. The average molecular weight is 258 g/mol. The maximum Gasteiger partial charge on any atom is 0.103 e. The molecule has 0 aliphatic heterocycles. The number of hydrogen-bond donors (Lipinski definition) is 1. The molecular formula is C12H22N2S2. The van der Waals surface area contributed by atoms with Gasteiger partial charge in [-0.1, -0.05) is 20.8 Å². The van der Waals surface area contributed by atoms with E-state index in [0.29, 0.717) is 6.04 Å². The van der Waals surface area contributed by atoms with Crippen molar-refractivity contribution in [3.63, 3.8) is 0 Å². The maximum absolute atomic E-state index is 5.71. The molecule has 1 aromatic rings. The Morgan fingerprint density at radius 2 is 2.19 bits per heavy atom. The van der Waals surface area contributed by atoms with Gasteiger partial charge in [-0.25, -0.2) is 4.98 Å². The molecule has 0 radical (unpaired) electrons. The van der Waals surface area contributed by atoms with Crippen molar-refractivity contribution in [2.45, 2.75) is 51.3 Å². The van der Waals surface area contributed by atoms with Crippen molar-refractivity contribution in [2.75, 3.05) is 5.75 Å². The minimum atomic E-state index is 0.172. The van der Waals surface area contributed by atoms with Crippen molar-refractivity contribution in [3.8, 4) is 0 Å². The number of hydrogen-bond acceptors (Lipinski definition) is 4. The van der Waals surface area contributed by atoms with Crippen molar-refractivity contribution in [3.05, 3.63) is 16.1 Å². The third-order valence-electron chi connectivity index (χ3n) is 2.26. The van der Waals surface area contributed by atoms with Gasteiger partial charge in [0.1, 0.15) is 5.01 Å². The first-order valence-corrected chi connectivity index (χ1v) is 7.71. The molecule has 0 aromatic carbocycles. The normalized spacial score (nSPS) is 14.1. The zero-order valence-corrected chi connectivity index (χ0v) is 12.3. The van der Waals surface area contributed by atoms with E-state index in [4.69, 9.17) is 5.73 Å². The Morgan fingerprint density at radius 1 is 1.50 bits per heavy atom. The summed E-state index contributed by atoms with van der Waals surface area (Å²) < 4.78 is 0. The minimum absolute atomic E-state index is 0.172. The average Bonchev–Trinajstić information content (AvgIpc) is 2.59. The molecule has 0 saturated heterocycles. The molecule has 0 bridgehead atoms. The quantitative estimate of drug-likeness (QED) is 0.823. The van der Waals surface area contributed by atoms with Gasteiger partial charge in [-0.05, 0) is 19.1 Å². The number of rotatable bonds is 5. The van der Waals surface area contributed by atoms with Gasteiger partial charge >= 0.3 is 0 Å². The lowest BCUT2D eigenvalue weighted by Gasteiger charge is -2.14. The van der Waals surface area contributed by atoms with E-state index < -0.39 is 0 Å². The van der Waals surface area contributed by atoms with Crippen LogP contribution in [0.3, 0.4) is 0 Å². The van der Waals surface area contributed by atoms with Crippen LogP contribution in [-0.2, 0) is 11.2 Å². The molecule has 1 aromatic heterocycles. The maximum atomic E-state index is 5.71. The van der Waals surface area contributed by atoms with Crippen LogP contribution in [-0.4, -0.2) is 16.8 Å². The molecule has 0 spiro atoms. The molecule has 92 valence electrons. The molecule has 1 atom stereocenters. The highest BCUT2D eigenvalue weighted by Crippen LogP contribution is 2.25. The van der Waals surface area contributed by atoms with Crippen LogP contribution in [0, 0.1) is 0 Å². The van der Waals surface area contributed by atoms with E-state index in [-0.39, 0.29) is 5.41 Å². The first kappa shape index (κ1) is 14.0. The molecule has 1 rings (SSSR count). The van der Waals surface area contributed by atoms with E-state index in [9.17, 15) is 0 Å². The molecule has 1 unspecified atom stereocenters. The number of thioether (sulfide) groups is 1. The Balaban J connectivity index is 2.36. The predicted octanol–water partition coefficient (Wildman–Crippen LogP) is 3.41. The van der Waals surface area contributed by atoms with E-state index in [0.717, 1.165) is 17.9 Å². The van der Waals surface area contributed by atoms with Crippen molar-refractivity contribution >= 4 is 23.1 Å². The van der Waals surface area contributed by atoms with Gasteiger partial charge in [0.25, 0.3) is 0 Å². The van der Waals surface area contributed by atoms with Crippen molar-refractivity contribution in [1.29, 1.82) is 0 Å². The highest BCUT2D eigenvalue weighted by Gasteiger charge is 2.17. The fraction of sp³-hybridized carbons (Fsp3) is 0.750. The summed E-state index contributed by atoms with van der Waals surface area (Å²) in [6, 6.07) is 0.314. The summed E-state index contributed by atoms with van der Waals surface area (Å²) in [7, 11) is 0. The largest absolute Gasteiger partial charge is 0.328 e. The molecule has 0 saturated carbocycles. The van der Waals surface area contributed by atoms with Gasteiger partial charge in [0, 0.05) is 22.6 Å². The minimum Gasteiger partial charge on any atom is -0.328 e. The fourth-order valence-corrected chi connectivity index (χ4v) is 3.40. The Bertz CT molecular complexity index is 313. The van der Waals surface area contributed by atoms with Gasteiger partial charge in [-0.2, -0.15) is 11.8 Å². The second-order valence-electron chi connectivity index (χ2n) is 5.20. The van der Waals surface area contributed by atoms with Gasteiger partial charge in [0.2, 0.25) is 0 Å². The van der Waals surface area contributed by atoms with Crippen LogP contribution in [0.5, 0.6) is 0 Å². The molecule has 0 aliphatic rings. The van der Waals surface area contributed by atoms with E-state index in [1.807, 2.05) is 11.8 Å². The van der Waals surface area contributed by atoms with E-state index in [2.05, 4.69) is 38.1 Å². The second-order valence-corrected chi connectivity index (χ2v) is 7.24. The van der Waals surface area contributed by atoms with Gasteiger partial charge in [0.05, 0.1) is 5.69 Å². The lowest BCUT2D eigenvalue weighted by molar-refractivity contribution is 0.572. The zero-order chi connectivity index (χ0) is 12.2. The second kappa shape index (κ2) is 6.03. The number of nitrogens with two attached hydrogens (primary N) is 1. The highest BCUT2D eigenvalue weighted by atomic mass is 32.2. The zero-order valence-electron chi connectivity index (χ0n) is 10.6. The Labute approximate surface area is 107 Å². The number of nitrogens with zero attached hydrogens (tertiary/aromatic N) is 1. The monoisotopic (exact) mass is 258 g/mol. The van der Waals surface area contributed by atoms with Crippen LogP contribution in [0.4, 0.5) is 0 Å². The van der Waals surface area contributed by atoms with Crippen molar-refractivity contribution in [1.82, 2.24) is 4.98 Å². The molecule has 0 amide bonds. The standard InChI is InChI=1S/C12H22N2S2/c1-9(13)5-6-15-8-11-14-10(7-16-11)12(2,3)4/h7,9H,5-6,8,13H2,1-4H3. The molecular weight excluding hydrogens is 236 g/mol. The predicted molar refractivity (Wildman–Crippen MR) is 75.2 cm³/mol. The number of thiazole rings is 1. The molecule has 0 fully saturated rings.